The summed E-state index contributed by atoms with van der Waals surface area (Å²) < 4.78 is 22.7. The zero-order valence-electron chi connectivity index (χ0n) is 46.0. The summed E-state index contributed by atoms with van der Waals surface area (Å²) in [7, 11) is 0. The van der Waals surface area contributed by atoms with Gasteiger partial charge in [0.05, 0.1) is 32.0 Å². The predicted octanol–water partition coefficient (Wildman–Crippen LogP) is 10.1. The number of carbonyl (C=O) groups is 1. The second kappa shape index (κ2) is 45.1. The molecule has 0 aliphatic carbocycles. The molecule has 12 unspecified atom stereocenters. The standard InChI is InChI=1S/C58H113NO13/c1-3-5-7-9-11-13-14-15-16-17-18-19-20-21-22-23-24-25-26-27-28-29-30-31-32-33-34-36-38-40-42-50(63)59-46(47(62)41-39-37-35-12-10-8-6-4-2)45-69-57-55(68)53(66)56(49(44-61)71-57)72-58-54(67)52(65)51(64)48(43-60)70-58/h46-49,51-58,60-62,64-68H,3-45H2,1-2H3,(H,59,63). The van der Waals surface area contributed by atoms with Crippen LogP contribution >= 0.6 is 0 Å². The molecule has 0 aromatic heterocycles. The fourth-order valence-corrected chi connectivity index (χ4v) is 10.4. The van der Waals surface area contributed by atoms with Gasteiger partial charge >= 0.3 is 0 Å². The van der Waals surface area contributed by atoms with E-state index < -0.39 is 86.8 Å². The monoisotopic (exact) mass is 1030 g/mol. The van der Waals surface area contributed by atoms with Gasteiger partial charge in [0, 0.05) is 6.42 Å². The van der Waals surface area contributed by atoms with E-state index in [1.54, 1.807) is 0 Å². The number of rotatable bonds is 49. The largest absolute Gasteiger partial charge is 0.394 e. The minimum atomic E-state index is -1.78. The first-order chi connectivity index (χ1) is 35.1. The van der Waals surface area contributed by atoms with Gasteiger partial charge in [0.25, 0.3) is 0 Å². The van der Waals surface area contributed by atoms with Gasteiger partial charge in [0.2, 0.25) is 5.91 Å². The van der Waals surface area contributed by atoms with E-state index in [9.17, 15) is 45.6 Å². The van der Waals surface area contributed by atoms with Gasteiger partial charge in [-0.3, -0.25) is 4.79 Å². The van der Waals surface area contributed by atoms with Gasteiger partial charge in [0.1, 0.15) is 48.8 Å². The van der Waals surface area contributed by atoms with Crippen LogP contribution in [0.15, 0.2) is 0 Å². The van der Waals surface area contributed by atoms with E-state index in [0.717, 1.165) is 51.4 Å². The van der Waals surface area contributed by atoms with Crippen LogP contribution in [0.3, 0.4) is 0 Å². The number of carbonyl (C=O) groups excluding carboxylic acids is 1. The Morgan fingerprint density at radius 2 is 0.792 bits per heavy atom. The van der Waals surface area contributed by atoms with Crippen LogP contribution in [0.1, 0.15) is 271 Å². The number of aliphatic hydroxyl groups is 8. The number of nitrogens with one attached hydrogen (secondary N) is 1. The Hall–Kier alpha value is -1.01. The summed E-state index contributed by atoms with van der Waals surface area (Å²) >= 11 is 0. The smallest absolute Gasteiger partial charge is 0.220 e. The molecular weight excluding hydrogens is 919 g/mol. The van der Waals surface area contributed by atoms with Crippen molar-refractivity contribution in [3.05, 3.63) is 0 Å². The van der Waals surface area contributed by atoms with Gasteiger partial charge in [-0.25, -0.2) is 0 Å². The number of amides is 1. The molecule has 14 heteroatoms. The first-order valence-corrected chi connectivity index (χ1v) is 30.3. The molecule has 0 spiro atoms. The molecule has 2 heterocycles. The SMILES string of the molecule is CCCCCCCCCCCCCCCCCCCCCCCCCCCCCCCCC(=O)NC(COC1OC(CO)C(OC2OC(CO)C(O)C(O)C2O)C(O)C1O)C(O)CCCCCCCCCC. The molecule has 2 fully saturated rings. The van der Waals surface area contributed by atoms with Gasteiger partial charge in [-0.15, -0.1) is 0 Å². The van der Waals surface area contributed by atoms with Crippen LogP contribution in [0.5, 0.6) is 0 Å². The summed E-state index contributed by atoms with van der Waals surface area (Å²) in [5.74, 6) is -0.204. The van der Waals surface area contributed by atoms with E-state index in [1.165, 1.54) is 193 Å². The van der Waals surface area contributed by atoms with Gasteiger partial charge in [0.15, 0.2) is 12.6 Å². The number of hydrogen-bond acceptors (Lipinski definition) is 13. The third-order valence-electron chi connectivity index (χ3n) is 15.3. The fourth-order valence-electron chi connectivity index (χ4n) is 10.4. The molecule has 2 aliphatic heterocycles. The molecule has 0 bridgehead atoms. The van der Waals surface area contributed by atoms with E-state index in [0.29, 0.717) is 12.8 Å². The third kappa shape index (κ3) is 30.7. The quantitative estimate of drug-likeness (QED) is 0.0259. The van der Waals surface area contributed by atoms with Crippen LogP contribution in [0.25, 0.3) is 0 Å². The highest BCUT2D eigenvalue weighted by molar-refractivity contribution is 5.76. The lowest BCUT2D eigenvalue weighted by atomic mass is 9.97. The molecule has 9 N–H and O–H groups in total. The molecule has 2 aliphatic rings. The number of unbranched alkanes of at least 4 members (excludes halogenated alkanes) is 36. The Kier molecular flexibility index (Phi) is 42.0. The van der Waals surface area contributed by atoms with Gasteiger partial charge in [-0.1, -0.05) is 251 Å². The fraction of sp³-hybridized carbons (Fsp3) is 0.983. The number of ether oxygens (including phenoxy) is 4. The first kappa shape index (κ1) is 67.1. The Balaban J connectivity index is 1.59. The normalized spacial score (nSPS) is 25.5. The summed E-state index contributed by atoms with van der Waals surface area (Å²) in [6, 6.07) is -0.820. The van der Waals surface area contributed by atoms with E-state index in [4.69, 9.17) is 18.9 Å². The van der Waals surface area contributed by atoms with Crippen molar-refractivity contribution in [2.45, 2.75) is 344 Å². The molecule has 2 rings (SSSR count). The molecule has 0 aromatic rings. The zero-order valence-corrected chi connectivity index (χ0v) is 46.0. The molecule has 72 heavy (non-hydrogen) atoms. The molecule has 428 valence electrons. The van der Waals surface area contributed by atoms with Crippen LogP contribution in [0, 0.1) is 0 Å². The summed E-state index contributed by atoms with van der Waals surface area (Å²) in [4.78, 5) is 13.2. The minimum Gasteiger partial charge on any atom is -0.394 e. The molecule has 0 radical (unpaired) electrons. The van der Waals surface area contributed by atoms with Crippen molar-refractivity contribution in [1.29, 1.82) is 0 Å². The maximum absolute atomic E-state index is 13.2. The van der Waals surface area contributed by atoms with Crippen molar-refractivity contribution < 1.29 is 64.6 Å². The topological polar surface area (TPSA) is 228 Å². The summed E-state index contributed by atoms with van der Waals surface area (Å²) in [5.41, 5.74) is 0. The molecule has 14 nitrogen and oxygen atoms in total. The molecule has 2 saturated heterocycles. The van der Waals surface area contributed by atoms with Gasteiger partial charge in [-0.2, -0.15) is 0 Å². The number of aliphatic hydroxyl groups excluding tert-OH is 8. The molecule has 1 amide bonds. The summed E-state index contributed by atoms with van der Waals surface area (Å²) in [6.07, 6.45) is 33.0. The van der Waals surface area contributed by atoms with Crippen molar-refractivity contribution in [3.63, 3.8) is 0 Å². The Morgan fingerprint density at radius 3 is 1.18 bits per heavy atom. The predicted molar refractivity (Wildman–Crippen MR) is 286 cm³/mol. The van der Waals surface area contributed by atoms with Gasteiger partial charge in [-0.05, 0) is 12.8 Å². The van der Waals surface area contributed by atoms with Crippen LogP contribution in [0.4, 0.5) is 0 Å². The highest BCUT2D eigenvalue weighted by Gasteiger charge is 2.51. The first-order valence-electron chi connectivity index (χ1n) is 30.3. The molecule has 12 atom stereocenters. The van der Waals surface area contributed by atoms with Crippen LogP contribution < -0.4 is 5.32 Å². The maximum atomic E-state index is 13.2. The summed E-state index contributed by atoms with van der Waals surface area (Å²) in [5, 5.41) is 86.9. The van der Waals surface area contributed by atoms with E-state index in [2.05, 4.69) is 19.2 Å². The molecule has 0 saturated carbocycles. The Bertz CT molecular complexity index is 1220. The van der Waals surface area contributed by atoms with Crippen molar-refractivity contribution >= 4 is 5.91 Å². The van der Waals surface area contributed by atoms with Crippen LogP contribution in [0.2, 0.25) is 0 Å². The van der Waals surface area contributed by atoms with Crippen molar-refractivity contribution in [2.24, 2.45) is 0 Å². The Morgan fingerprint density at radius 1 is 0.444 bits per heavy atom. The lowest BCUT2D eigenvalue weighted by Gasteiger charge is -2.46. The summed E-state index contributed by atoms with van der Waals surface area (Å²) in [6.45, 7) is 2.84. The lowest BCUT2D eigenvalue weighted by molar-refractivity contribution is -0.359. The Labute approximate surface area is 438 Å². The van der Waals surface area contributed by atoms with Crippen molar-refractivity contribution in [1.82, 2.24) is 5.32 Å². The minimum absolute atomic E-state index is 0.204. The third-order valence-corrected chi connectivity index (χ3v) is 15.3. The van der Waals surface area contributed by atoms with Crippen LogP contribution in [-0.2, 0) is 23.7 Å². The molecular formula is C58H113NO13. The van der Waals surface area contributed by atoms with Gasteiger partial charge < -0.3 is 65.1 Å². The van der Waals surface area contributed by atoms with Crippen molar-refractivity contribution in [2.75, 3.05) is 19.8 Å². The second-order valence-electron chi connectivity index (χ2n) is 21.8. The average Bonchev–Trinajstić information content (AvgIpc) is 3.38. The highest BCUT2D eigenvalue weighted by atomic mass is 16.7. The van der Waals surface area contributed by atoms with E-state index in [1.807, 2.05) is 0 Å². The van der Waals surface area contributed by atoms with Crippen LogP contribution in [-0.4, -0.2) is 140 Å². The lowest BCUT2D eigenvalue weighted by Crippen LogP contribution is -2.65. The average molecular weight is 1030 g/mol. The van der Waals surface area contributed by atoms with E-state index in [-0.39, 0.29) is 12.5 Å². The maximum Gasteiger partial charge on any atom is 0.220 e. The van der Waals surface area contributed by atoms with E-state index >= 15 is 0 Å². The number of hydrogen-bond donors (Lipinski definition) is 9. The zero-order chi connectivity index (χ0) is 52.4. The highest BCUT2D eigenvalue weighted by Crippen LogP contribution is 2.30. The second-order valence-corrected chi connectivity index (χ2v) is 21.8. The van der Waals surface area contributed by atoms with Crippen molar-refractivity contribution in [3.8, 4) is 0 Å². The molecule has 0 aromatic carbocycles.